The summed E-state index contributed by atoms with van der Waals surface area (Å²) in [5.74, 6) is 0. The zero-order chi connectivity index (χ0) is 14.6. The maximum atomic E-state index is 11.9. The van der Waals surface area contributed by atoms with Gasteiger partial charge in [-0.2, -0.15) is 0 Å². The molecule has 0 aliphatic heterocycles. The second-order valence-electron chi connectivity index (χ2n) is 4.19. The van der Waals surface area contributed by atoms with Gasteiger partial charge in [-0.1, -0.05) is 41.9 Å². The van der Waals surface area contributed by atoms with Crippen LogP contribution in [-0.2, 0) is 10.0 Å². The summed E-state index contributed by atoms with van der Waals surface area (Å²) in [6.07, 6.45) is 2.90. The van der Waals surface area contributed by atoms with Gasteiger partial charge in [-0.15, -0.1) is 0 Å². The maximum Gasteiger partial charge on any atom is 0.255 e. The third-order valence-corrected chi connectivity index (χ3v) is 3.92. The fraction of sp³-hybridized carbons (Fsp3) is 0.0714. The molecule has 2 rings (SSSR count). The van der Waals surface area contributed by atoms with E-state index in [0.29, 0.717) is 16.4 Å². The van der Waals surface area contributed by atoms with Crippen molar-refractivity contribution in [3.63, 3.8) is 0 Å². The van der Waals surface area contributed by atoms with Crippen LogP contribution >= 0.6 is 11.6 Å². The summed E-state index contributed by atoms with van der Waals surface area (Å²) in [7, 11) is -3.58. The van der Waals surface area contributed by atoms with Gasteiger partial charge in [-0.3, -0.25) is 4.72 Å². The molecule has 0 spiro atoms. The lowest BCUT2D eigenvalue weighted by Crippen LogP contribution is -2.09. The molecule has 2 aromatic rings. The van der Waals surface area contributed by atoms with Crippen molar-refractivity contribution in [2.45, 2.75) is 6.92 Å². The molecule has 0 bridgehead atoms. The number of nitrogens with one attached hydrogen (secondary N) is 1. The Labute approximate surface area is 123 Å². The largest absolute Gasteiger partial charge is 0.279 e. The first kappa shape index (κ1) is 14.6. The van der Waals surface area contributed by atoms with Crippen molar-refractivity contribution in [1.82, 2.24) is 4.98 Å². The second-order valence-corrected chi connectivity index (χ2v) is 6.12. The number of aromatic nitrogens is 1. The van der Waals surface area contributed by atoms with Crippen molar-refractivity contribution in [1.29, 1.82) is 0 Å². The first-order valence-corrected chi connectivity index (χ1v) is 7.77. The van der Waals surface area contributed by atoms with E-state index in [-0.39, 0.29) is 0 Å². The Kier molecular flexibility index (Phi) is 4.42. The Morgan fingerprint density at radius 3 is 2.60 bits per heavy atom. The minimum Gasteiger partial charge on any atom is -0.279 e. The first-order valence-electron chi connectivity index (χ1n) is 5.84. The van der Waals surface area contributed by atoms with E-state index in [2.05, 4.69) is 9.71 Å². The summed E-state index contributed by atoms with van der Waals surface area (Å²) in [6.45, 7) is 1.76. The highest BCUT2D eigenvalue weighted by Crippen LogP contribution is 2.17. The molecule has 1 aromatic carbocycles. The number of hydrogen-bond acceptors (Lipinski definition) is 3. The van der Waals surface area contributed by atoms with Crippen molar-refractivity contribution in [3.05, 3.63) is 64.3 Å². The van der Waals surface area contributed by atoms with Crippen LogP contribution in [0.1, 0.15) is 11.1 Å². The standard InChI is InChI=1S/C14H13ClN2O2S/c1-11-9-13(10-16-14(11)15)17-20(18,19)8-7-12-5-3-2-4-6-12/h2-10,17H,1H3/b8-7+. The molecule has 104 valence electrons. The molecular formula is C14H13ClN2O2S. The second kappa shape index (κ2) is 6.07. The predicted molar refractivity (Wildman–Crippen MR) is 82.0 cm³/mol. The van der Waals surface area contributed by atoms with E-state index in [1.54, 1.807) is 13.0 Å². The maximum absolute atomic E-state index is 11.9. The van der Waals surface area contributed by atoms with Crippen LogP contribution in [0.5, 0.6) is 0 Å². The lowest BCUT2D eigenvalue weighted by molar-refractivity contribution is 0.609. The summed E-state index contributed by atoms with van der Waals surface area (Å²) in [6, 6.07) is 10.8. The van der Waals surface area contributed by atoms with E-state index in [0.717, 1.165) is 11.0 Å². The van der Waals surface area contributed by atoms with Gasteiger partial charge in [0.15, 0.2) is 0 Å². The zero-order valence-electron chi connectivity index (χ0n) is 10.7. The van der Waals surface area contributed by atoms with Crippen molar-refractivity contribution in [3.8, 4) is 0 Å². The molecule has 0 unspecified atom stereocenters. The number of pyridine rings is 1. The molecule has 0 amide bonds. The number of hydrogen-bond donors (Lipinski definition) is 1. The van der Waals surface area contributed by atoms with Crippen LogP contribution in [0.25, 0.3) is 6.08 Å². The van der Waals surface area contributed by atoms with E-state index >= 15 is 0 Å². The Bertz CT molecular complexity index is 728. The molecule has 20 heavy (non-hydrogen) atoms. The van der Waals surface area contributed by atoms with Gasteiger partial charge in [-0.25, -0.2) is 13.4 Å². The molecule has 0 fully saturated rings. The van der Waals surface area contributed by atoms with Crippen LogP contribution in [-0.4, -0.2) is 13.4 Å². The molecule has 0 aliphatic rings. The number of halogens is 1. The molecule has 4 nitrogen and oxygen atoms in total. The van der Waals surface area contributed by atoms with E-state index in [9.17, 15) is 8.42 Å². The van der Waals surface area contributed by atoms with Crippen molar-refractivity contribution in [2.75, 3.05) is 4.72 Å². The summed E-state index contributed by atoms with van der Waals surface area (Å²) in [5.41, 5.74) is 1.90. The van der Waals surface area contributed by atoms with Crippen molar-refractivity contribution in [2.24, 2.45) is 0 Å². The molecule has 1 heterocycles. The smallest absolute Gasteiger partial charge is 0.255 e. The predicted octanol–water partition coefficient (Wildman–Crippen LogP) is 3.46. The van der Waals surface area contributed by atoms with Crippen LogP contribution in [0, 0.1) is 6.92 Å². The fourth-order valence-corrected chi connectivity index (χ4v) is 2.49. The highest BCUT2D eigenvalue weighted by Gasteiger charge is 2.07. The van der Waals surface area contributed by atoms with Crippen LogP contribution in [0.2, 0.25) is 5.15 Å². The van der Waals surface area contributed by atoms with Crippen LogP contribution in [0.3, 0.4) is 0 Å². The summed E-state index contributed by atoms with van der Waals surface area (Å²) in [4.78, 5) is 3.90. The van der Waals surface area contributed by atoms with E-state index in [1.165, 1.54) is 12.3 Å². The SMILES string of the molecule is Cc1cc(NS(=O)(=O)/C=C/c2ccccc2)cnc1Cl. The highest BCUT2D eigenvalue weighted by atomic mass is 35.5. The van der Waals surface area contributed by atoms with Crippen LogP contribution < -0.4 is 4.72 Å². The third kappa shape index (κ3) is 4.08. The minimum atomic E-state index is -3.58. The monoisotopic (exact) mass is 308 g/mol. The number of rotatable bonds is 4. The average molecular weight is 309 g/mol. The zero-order valence-corrected chi connectivity index (χ0v) is 12.3. The quantitative estimate of drug-likeness (QED) is 0.880. The topological polar surface area (TPSA) is 59.1 Å². The molecule has 0 aliphatic carbocycles. The lowest BCUT2D eigenvalue weighted by Gasteiger charge is -2.05. The van der Waals surface area contributed by atoms with Gasteiger partial charge in [0.25, 0.3) is 10.0 Å². The minimum absolute atomic E-state index is 0.354. The molecule has 6 heteroatoms. The van der Waals surface area contributed by atoms with Crippen LogP contribution in [0.15, 0.2) is 48.0 Å². The van der Waals surface area contributed by atoms with Gasteiger partial charge < -0.3 is 0 Å². The van der Waals surface area contributed by atoms with E-state index < -0.39 is 10.0 Å². The van der Waals surface area contributed by atoms with Gasteiger partial charge in [0, 0.05) is 0 Å². The normalized spacial score (nSPS) is 11.7. The van der Waals surface area contributed by atoms with E-state index in [4.69, 9.17) is 11.6 Å². The molecule has 0 saturated carbocycles. The van der Waals surface area contributed by atoms with Crippen LogP contribution in [0.4, 0.5) is 5.69 Å². The van der Waals surface area contributed by atoms with E-state index in [1.807, 2.05) is 30.3 Å². The summed E-state index contributed by atoms with van der Waals surface area (Å²) in [5, 5.41) is 1.47. The van der Waals surface area contributed by atoms with Crippen molar-refractivity contribution < 1.29 is 8.42 Å². The number of nitrogens with zero attached hydrogens (tertiary/aromatic N) is 1. The summed E-state index contributed by atoms with van der Waals surface area (Å²) >= 11 is 5.79. The molecule has 0 saturated heterocycles. The Morgan fingerprint density at radius 1 is 1.25 bits per heavy atom. The molecule has 0 radical (unpaired) electrons. The van der Waals surface area contributed by atoms with Gasteiger partial charge >= 0.3 is 0 Å². The first-order chi connectivity index (χ1) is 9.46. The third-order valence-electron chi connectivity index (χ3n) is 2.51. The Balaban J connectivity index is 2.15. The molecule has 1 aromatic heterocycles. The summed E-state index contributed by atoms with van der Waals surface area (Å²) < 4.78 is 26.2. The highest BCUT2D eigenvalue weighted by molar-refractivity contribution is 7.95. The molecule has 1 N–H and O–H groups in total. The molecular weight excluding hydrogens is 296 g/mol. The van der Waals surface area contributed by atoms with Gasteiger partial charge in [0.05, 0.1) is 17.3 Å². The number of sulfonamides is 1. The number of anilines is 1. The molecule has 0 atom stereocenters. The number of aryl methyl sites for hydroxylation is 1. The number of benzene rings is 1. The Hall–Kier alpha value is -1.85. The average Bonchev–Trinajstić information content (AvgIpc) is 2.42. The van der Waals surface area contributed by atoms with Gasteiger partial charge in [0.2, 0.25) is 0 Å². The van der Waals surface area contributed by atoms with Gasteiger partial charge in [0.1, 0.15) is 5.15 Å². The Morgan fingerprint density at radius 2 is 1.95 bits per heavy atom. The van der Waals surface area contributed by atoms with Crippen molar-refractivity contribution >= 4 is 33.4 Å². The fourth-order valence-electron chi connectivity index (χ4n) is 1.54. The van der Waals surface area contributed by atoms with Gasteiger partial charge in [-0.05, 0) is 30.2 Å². The lowest BCUT2D eigenvalue weighted by atomic mass is 10.2.